The van der Waals surface area contributed by atoms with Crippen molar-refractivity contribution < 1.29 is 14.3 Å². The lowest BCUT2D eigenvalue weighted by Crippen LogP contribution is -2.24. The molecule has 0 aliphatic heterocycles. The Labute approximate surface area is 186 Å². The Kier molecular flexibility index (Phi) is 6.77. The molecule has 0 saturated heterocycles. The van der Waals surface area contributed by atoms with Gasteiger partial charge in [0, 0.05) is 6.54 Å². The first-order valence-electron chi connectivity index (χ1n) is 10.3. The van der Waals surface area contributed by atoms with Crippen LogP contribution in [0.15, 0.2) is 85.1 Å². The molecule has 7 nitrogen and oxygen atoms in total. The molecule has 0 saturated carbocycles. The fourth-order valence-corrected chi connectivity index (χ4v) is 3.21. The first kappa shape index (κ1) is 21.1. The van der Waals surface area contributed by atoms with Crippen LogP contribution in [0.2, 0.25) is 0 Å². The molecule has 0 unspecified atom stereocenters. The Bertz CT molecular complexity index is 1160. The first-order valence-corrected chi connectivity index (χ1v) is 10.3. The summed E-state index contributed by atoms with van der Waals surface area (Å²) < 4.78 is 13.1. The molecule has 162 valence electrons. The van der Waals surface area contributed by atoms with Crippen molar-refractivity contribution in [3.05, 3.63) is 102 Å². The number of carbonyl (C=O) groups is 1. The average molecular weight is 428 g/mol. The van der Waals surface area contributed by atoms with Crippen LogP contribution in [0.4, 0.5) is 0 Å². The molecular formula is C25H24N4O3. The summed E-state index contributed by atoms with van der Waals surface area (Å²) in [7, 11) is 1.59. The van der Waals surface area contributed by atoms with E-state index in [0.717, 1.165) is 16.8 Å². The van der Waals surface area contributed by atoms with E-state index in [4.69, 9.17) is 9.47 Å². The molecule has 1 heterocycles. The van der Waals surface area contributed by atoms with Crippen molar-refractivity contribution in [2.24, 2.45) is 0 Å². The van der Waals surface area contributed by atoms with E-state index in [0.29, 0.717) is 30.2 Å². The Hall–Kier alpha value is -4.13. The van der Waals surface area contributed by atoms with Gasteiger partial charge in [-0.15, -0.1) is 5.10 Å². The zero-order valence-electron chi connectivity index (χ0n) is 17.8. The fraction of sp³-hybridized carbons (Fsp3) is 0.160. The fourth-order valence-electron chi connectivity index (χ4n) is 3.21. The molecule has 4 aromatic rings. The van der Waals surface area contributed by atoms with E-state index in [-0.39, 0.29) is 12.5 Å². The highest BCUT2D eigenvalue weighted by Gasteiger charge is 2.10. The predicted molar refractivity (Wildman–Crippen MR) is 121 cm³/mol. The number of rotatable bonds is 9. The second-order valence-corrected chi connectivity index (χ2v) is 7.20. The van der Waals surface area contributed by atoms with Gasteiger partial charge in [-0.1, -0.05) is 59.8 Å². The lowest BCUT2D eigenvalue weighted by atomic mass is 10.1. The van der Waals surface area contributed by atoms with Gasteiger partial charge in [0.1, 0.15) is 12.3 Å². The van der Waals surface area contributed by atoms with Gasteiger partial charge in [-0.3, -0.25) is 4.79 Å². The van der Waals surface area contributed by atoms with Gasteiger partial charge in [-0.2, -0.15) is 0 Å². The van der Waals surface area contributed by atoms with E-state index in [1.54, 1.807) is 11.8 Å². The summed E-state index contributed by atoms with van der Waals surface area (Å²) in [4.78, 5) is 12.2. The summed E-state index contributed by atoms with van der Waals surface area (Å²) in [5.41, 5.74) is 3.54. The number of hydrogen-bond acceptors (Lipinski definition) is 5. The first-order chi connectivity index (χ1) is 15.7. The molecule has 7 heteroatoms. The lowest BCUT2D eigenvalue weighted by molar-refractivity contribution is -0.120. The van der Waals surface area contributed by atoms with Gasteiger partial charge in [0.15, 0.2) is 11.5 Å². The third kappa shape index (κ3) is 5.51. The van der Waals surface area contributed by atoms with E-state index < -0.39 is 0 Å². The smallest absolute Gasteiger partial charge is 0.224 e. The van der Waals surface area contributed by atoms with Crippen LogP contribution in [-0.2, 0) is 24.4 Å². The van der Waals surface area contributed by atoms with Crippen molar-refractivity contribution in [2.45, 2.75) is 19.6 Å². The SMILES string of the molecule is COc1cc(CNC(=O)Cc2ccccc2)ccc1OCc1cn(-c2ccccc2)nn1. The van der Waals surface area contributed by atoms with Crippen molar-refractivity contribution in [1.82, 2.24) is 20.3 Å². The number of methoxy groups -OCH3 is 1. The van der Waals surface area contributed by atoms with Crippen LogP contribution in [0.1, 0.15) is 16.8 Å². The standard InChI is InChI=1S/C25H24N4O3/c1-31-24-14-20(16-26-25(30)15-19-8-4-2-5-9-19)12-13-23(24)32-18-21-17-29(28-27-21)22-10-6-3-7-11-22/h2-14,17H,15-16,18H2,1H3,(H,26,30). The maximum Gasteiger partial charge on any atom is 0.224 e. The van der Waals surface area contributed by atoms with E-state index in [1.165, 1.54) is 0 Å². The number of nitrogens with zero attached hydrogens (tertiary/aromatic N) is 3. The van der Waals surface area contributed by atoms with Crippen LogP contribution in [0.3, 0.4) is 0 Å². The highest BCUT2D eigenvalue weighted by atomic mass is 16.5. The molecule has 0 bridgehead atoms. The number of carbonyl (C=O) groups excluding carboxylic acids is 1. The Balaban J connectivity index is 1.33. The van der Waals surface area contributed by atoms with Gasteiger partial charge in [0.25, 0.3) is 0 Å². The third-order valence-electron chi connectivity index (χ3n) is 4.86. The molecule has 0 fully saturated rings. The maximum atomic E-state index is 12.2. The van der Waals surface area contributed by atoms with Crippen molar-refractivity contribution in [1.29, 1.82) is 0 Å². The number of amides is 1. The Morgan fingerprint density at radius 1 is 0.938 bits per heavy atom. The van der Waals surface area contributed by atoms with Crippen molar-refractivity contribution in [3.8, 4) is 17.2 Å². The van der Waals surface area contributed by atoms with Gasteiger partial charge in [0.05, 0.1) is 25.4 Å². The highest BCUT2D eigenvalue weighted by Crippen LogP contribution is 2.28. The van der Waals surface area contributed by atoms with Crippen molar-refractivity contribution >= 4 is 5.91 Å². The predicted octanol–water partition coefficient (Wildman–Crippen LogP) is 3.71. The molecule has 1 aromatic heterocycles. The molecule has 0 spiro atoms. The van der Waals surface area contributed by atoms with E-state index in [1.807, 2.05) is 85.1 Å². The second kappa shape index (κ2) is 10.3. The monoisotopic (exact) mass is 428 g/mol. The van der Waals surface area contributed by atoms with Crippen LogP contribution >= 0.6 is 0 Å². The largest absolute Gasteiger partial charge is 0.493 e. The summed E-state index contributed by atoms with van der Waals surface area (Å²) in [6, 6.07) is 25.0. The quantitative estimate of drug-likeness (QED) is 0.440. The minimum atomic E-state index is -0.0306. The average Bonchev–Trinajstić information content (AvgIpc) is 3.32. The van der Waals surface area contributed by atoms with Crippen LogP contribution in [0, 0.1) is 0 Å². The lowest BCUT2D eigenvalue weighted by Gasteiger charge is -2.12. The molecule has 4 rings (SSSR count). The summed E-state index contributed by atoms with van der Waals surface area (Å²) in [5.74, 6) is 1.16. The van der Waals surface area contributed by atoms with Crippen LogP contribution in [0.25, 0.3) is 5.69 Å². The topological polar surface area (TPSA) is 78.3 Å². The molecule has 0 aliphatic carbocycles. The zero-order valence-corrected chi connectivity index (χ0v) is 17.8. The molecule has 1 amide bonds. The summed E-state index contributed by atoms with van der Waals surface area (Å²) in [6.45, 7) is 0.671. The Morgan fingerprint density at radius 3 is 2.44 bits per heavy atom. The van der Waals surface area contributed by atoms with E-state index in [9.17, 15) is 4.79 Å². The summed E-state index contributed by atoms with van der Waals surface area (Å²) >= 11 is 0. The van der Waals surface area contributed by atoms with Crippen molar-refractivity contribution in [2.75, 3.05) is 7.11 Å². The van der Waals surface area contributed by atoms with Crippen molar-refractivity contribution in [3.63, 3.8) is 0 Å². The number of aromatic nitrogens is 3. The van der Waals surface area contributed by atoms with Gasteiger partial charge in [-0.05, 0) is 35.4 Å². The molecule has 0 atom stereocenters. The second-order valence-electron chi connectivity index (χ2n) is 7.20. The summed E-state index contributed by atoms with van der Waals surface area (Å²) in [6.07, 6.45) is 2.18. The minimum absolute atomic E-state index is 0.0306. The molecule has 0 aliphatic rings. The molecule has 0 radical (unpaired) electrons. The van der Waals surface area contributed by atoms with Crippen LogP contribution in [-0.4, -0.2) is 28.0 Å². The molecule has 32 heavy (non-hydrogen) atoms. The number of ether oxygens (including phenoxy) is 2. The highest BCUT2D eigenvalue weighted by molar-refractivity contribution is 5.78. The summed E-state index contributed by atoms with van der Waals surface area (Å²) in [5, 5.41) is 11.2. The van der Waals surface area contributed by atoms with Gasteiger partial charge in [-0.25, -0.2) is 4.68 Å². The van der Waals surface area contributed by atoms with Gasteiger partial charge >= 0.3 is 0 Å². The van der Waals surface area contributed by atoms with E-state index >= 15 is 0 Å². The molecule has 3 aromatic carbocycles. The number of hydrogen-bond donors (Lipinski definition) is 1. The zero-order chi connectivity index (χ0) is 22.2. The minimum Gasteiger partial charge on any atom is -0.493 e. The molecular weight excluding hydrogens is 404 g/mol. The molecule has 1 N–H and O–H groups in total. The third-order valence-corrected chi connectivity index (χ3v) is 4.86. The van der Waals surface area contributed by atoms with Crippen LogP contribution < -0.4 is 14.8 Å². The van der Waals surface area contributed by atoms with Gasteiger partial charge < -0.3 is 14.8 Å². The number of nitrogens with one attached hydrogen (secondary N) is 1. The maximum absolute atomic E-state index is 12.2. The van der Waals surface area contributed by atoms with Crippen LogP contribution in [0.5, 0.6) is 11.5 Å². The number of benzene rings is 3. The normalized spacial score (nSPS) is 10.5. The number of para-hydroxylation sites is 1. The van der Waals surface area contributed by atoms with E-state index in [2.05, 4.69) is 15.6 Å². The van der Waals surface area contributed by atoms with Gasteiger partial charge in [0.2, 0.25) is 5.91 Å². The Morgan fingerprint density at radius 2 is 1.69 bits per heavy atom.